The van der Waals surface area contributed by atoms with Gasteiger partial charge < -0.3 is 16.0 Å². The van der Waals surface area contributed by atoms with Crippen LogP contribution in [-0.4, -0.2) is 19.1 Å². The van der Waals surface area contributed by atoms with Gasteiger partial charge in [-0.05, 0) is 30.3 Å². The highest BCUT2D eigenvalue weighted by Gasteiger charge is 2.31. The average Bonchev–Trinajstić information content (AvgIpc) is 2.37. The van der Waals surface area contributed by atoms with Gasteiger partial charge in [0.2, 0.25) is 0 Å². The topological polar surface area (TPSA) is 54.2 Å². The zero-order chi connectivity index (χ0) is 15.6. The number of nitrogens with two attached hydrogens (primary N) is 1. The van der Waals surface area contributed by atoms with Crippen molar-refractivity contribution in [3.63, 3.8) is 0 Å². The molecule has 2 rings (SSSR count). The normalized spacial score (nSPS) is 11.3. The summed E-state index contributed by atoms with van der Waals surface area (Å²) in [5.74, 6) is -0.130. The van der Waals surface area contributed by atoms with Crippen LogP contribution in [0.1, 0.15) is 5.56 Å². The Balaban J connectivity index is 2.31. The second-order valence-electron chi connectivity index (χ2n) is 4.73. The Morgan fingerprint density at radius 2 is 1.86 bits per heavy atom. The van der Waals surface area contributed by atoms with Crippen LogP contribution in [0.25, 0.3) is 0 Å². The summed E-state index contributed by atoms with van der Waals surface area (Å²) in [6, 6.07) is 8.97. The number of nitrogens with one attached hydrogen (secondary N) is 1. The number of hydrogen-bond donors (Lipinski definition) is 2. The van der Waals surface area contributed by atoms with Crippen molar-refractivity contribution in [1.29, 1.82) is 0 Å². The summed E-state index contributed by atoms with van der Waals surface area (Å²) >= 11 is 0. The van der Waals surface area contributed by atoms with Crippen LogP contribution in [0.5, 0.6) is 0 Å². The van der Waals surface area contributed by atoms with E-state index in [0.717, 1.165) is 17.8 Å². The molecule has 0 atom stereocenters. The number of hydrogen-bond acceptors (Lipinski definition) is 4. The molecule has 0 aliphatic heterocycles. The third kappa shape index (κ3) is 3.77. The fourth-order valence-corrected chi connectivity index (χ4v) is 1.79. The van der Waals surface area contributed by atoms with E-state index in [1.807, 2.05) is 25.1 Å². The van der Waals surface area contributed by atoms with Crippen LogP contribution in [0, 0.1) is 0 Å². The van der Waals surface area contributed by atoms with Gasteiger partial charge in [-0.15, -0.1) is 0 Å². The minimum atomic E-state index is -4.46. The first-order chi connectivity index (χ1) is 9.75. The molecule has 3 N–H and O–H groups in total. The first-order valence-corrected chi connectivity index (χ1v) is 6.15. The summed E-state index contributed by atoms with van der Waals surface area (Å²) in [5.41, 5.74) is 6.14. The lowest BCUT2D eigenvalue weighted by Crippen LogP contribution is -2.09. The minimum Gasteiger partial charge on any atom is -0.384 e. The lowest BCUT2D eigenvalue weighted by molar-refractivity contribution is -0.137. The zero-order valence-corrected chi connectivity index (χ0v) is 11.6. The molecule has 0 aliphatic rings. The molecule has 7 heteroatoms. The van der Waals surface area contributed by atoms with Crippen LogP contribution in [0.2, 0.25) is 0 Å². The quantitative estimate of drug-likeness (QED) is 0.910. The summed E-state index contributed by atoms with van der Waals surface area (Å²) in [6.45, 7) is 0. The van der Waals surface area contributed by atoms with Crippen LogP contribution in [0.4, 0.5) is 36.2 Å². The van der Waals surface area contributed by atoms with E-state index in [1.54, 1.807) is 18.2 Å². The lowest BCUT2D eigenvalue weighted by Gasteiger charge is -2.15. The highest BCUT2D eigenvalue weighted by molar-refractivity contribution is 5.64. The van der Waals surface area contributed by atoms with Gasteiger partial charge in [0, 0.05) is 25.5 Å². The molecule has 21 heavy (non-hydrogen) atoms. The number of halogens is 3. The first kappa shape index (κ1) is 15.0. The molecule has 0 aliphatic carbocycles. The van der Waals surface area contributed by atoms with E-state index >= 15 is 0 Å². The zero-order valence-electron chi connectivity index (χ0n) is 11.6. The number of pyridine rings is 1. The number of anilines is 4. The van der Waals surface area contributed by atoms with Gasteiger partial charge in [0.25, 0.3) is 0 Å². The monoisotopic (exact) mass is 296 g/mol. The van der Waals surface area contributed by atoms with Crippen molar-refractivity contribution < 1.29 is 13.2 Å². The van der Waals surface area contributed by atoms with Crippen LogP contribution in [-0.2, 0) is 6.18 Å². The van der Waals surface area contributed by atoms with Crippen LogP contribution < -0.4 is 16.0 Å². The van der Waals surface area contributed by atoms with E-state index in [9.17, 15) is 13.2 Å². The second-order valence-corrected chi connectivity index (χ2v) is 4.73. The minimum absolute atomic E-state index is 0.0539. The molecule has 112 valence electrons. The van der Waals surface area contributed by atoms with E-state index in [4.69, 9.17) is 5.73 Å². The van der Waals surface area contributed by atoms with Gasteiger partial charge in [-0.3, -0.25) is 0 Å². The third-order valence-corrected chi connectivity index (χ3v) is 2.81. The number of aromatic nitrogens is 1. The molecule has 1 heterocycles. The van der Waals surface area contributed by atoms with E-state index in [0.29, 0.717) is 5.69 Å². The Morgan fingerprint density at radius 3 is 2.48 bits per heavy atom. The van der Waals surface area contributed by atoms with E-state index in [-0.39, 0.29) is 11.6 Å². The second kappa shape index (κ2) is 5.51. The smallest absolute Gasteiger partial charge is 0.384 e. The highest BCUT2D eigenvalue weighted by atomic mass is 19.4. The standard InChI is InChI=1S/C14H15F3N4/c1-21(2)11-5-3-4-10(8-11)19-13-7-9(14(15,16)17)6-12(18)20-13/h3-8H,1-2H3,(H3,18,19,20). The van der Waals surface area contributed by atoms with Crippen molar-refractivity contribution >= 4 is 23.0 Å². The molecule has 1 aromatic heterocycles. The molecule has 0 fully saturated rings. The van der Waals surface area contributed by atoms with Gasteiger partial charge in [0.05, 0.1) is 5.56 Å². The Kier molecular flexibility index (Phi) is 3.93. The number of alkyl halides is 3. The average molecular weight is 296 g/mol. The molecule has 4 nitrogen and oxygen atoms in total. The number of nitrogen functional groups attached to an aromatic ring is 1. The molecule has 0 saturated heterocycles. The Bertz CT molecular complexity index is 638. The van der Waals surface area contributed by atoms with Crippen LogP contribution in [0.15, 0.2) is 36.4 Å². The Morgan fingerprint density at radius 1 is 1.14 bits per heavy atom. The van der Waals surface area contributed by atoms with Gasteiger partial charge in [0.1, 0.15) is 11.6 Å². The summed E-state index contributed by atoms with van der Waals surface area (Å²) < 4.78 is 38.2. The van der Waals surface area contributed by atoms with Gasteiger partial charge >= 0.3 is 6.18 Å². The van der Waals surface area contributed by atoms with Crippen molar-refractivity contribution in [2.75, 3.05) is 30.0 Å². The predicted molar refractivity (Wildman–Crippen MR) is 77.7 cm³/mol. The van der Waals surface area contributed by atoms with Gasteiger partial charge in [-0.1, -0.05) is 6.07 Å². The van der Waals surface area contributed by atoms with E-state index < -0.39 is 11.7 Å². The molecule has 0 bridgehead atoms. The fourth-order valence-electron chi connectivity index (χ4n) is 1.79. The summed E-state index contributed by atoms with van der Waals surface area (Å²) in [5, 5.41) is 2.83. The SMILES string of the molecule is CN(C)c1cccc(Nc2cc(C(F)(F)F)cc(N)n2)c1. The molecule has 0 spiro atoms. The maximum Gasteiger partial charge on any atom is 0.416 e. The van der Waals surface area contributed by atoms with Crippen molar-refractivity contribution in [3.05, 3.63) is 42.0 Å². The Hall–Kier alpha value is -2.44. The fraction of sp³-hybridized carbons (Fsp3) is 0.214. The number of rotatable bonds is 3. The summed E-state index contributed by atoms with van der Waals surface area (Å²) in [7, 11) is 3.75. The van der Waals surface area contributed by atoms with Gasteiger partial charge in [-0.25, -0.2) is 4.98 Å². The maximum absolute atomic E-state index is 12.7. The van der Waals surface area contributed by atoms with Crippen molar-refractivity contribution in [3.8, 4) is 0 Å². The van der Waals surface area contributed by atoms with Crippen molar-refractivity contribution in [1.82, 2.24) is 4.98 Å². The summed E-state index contributed by atoms with van der Waals surface area (Å²) in [4.78, 5) is 5.76. The first-order valence-electron chi connectivity index (χ1n) is 6.15. The van der Waals surface area contributed by atoms with Crippen molar-refractivity contribution in [2.45, 2.75) is 6.18 Å². The van der Waals surface area contributed by atoms with Crippen LogP contribution in [0.3, 0.4) is 0 Å². The molecule has 0 unspecified atom stereocenters. The number of nitrogens with zero attached hydrogens (tertiary/aromatic N) is 2. The van der Waals surface area contributed by atoms with E-state index in [2.05, 4.69) is 10.3 Å². The maximum atomic E-state index is 12.7. The van der Waals surface area contributed by atoms with Crippen molar-refractivity contribution in [2.24, 2.45) is 0 Å². The summed E-state index contributed by atoms with van der Waals surface area (Å²) in [6.07, 6.45) is -4.46. The molecule has 0 saturated carbocycles. The molecule has 1 aromatic carbocycles. The van der Waals surface area contributed by atoms with Crippen LogP contribution >= 0.6 is 0 Å². The number of benzene rings is 1. The largest absolute Gasteiger partial charge is 0.416 e. The Labute approximate surface area is 120 Å². The van der Waals surface area contributed by atoms with Gasteiger partial charge in [0.15, 0.2) is 0 Å². The predicted octanol–water partition coefficient (Wildman–Crippen LogP) is 3.49. The molecule has 2 aromatic rings. The highest BCUT2D eigenvalue weighted by Crippen LogP contribution is 2.32. The molecule has 0 amide bonds. The van der Waals surface area contributed by atoms with Gasteiger partial charge in [-0.2, -0.15) is 13.2 Å². The molecular weight excluding hydrogens is 281 g/mol. The third-order valence-electron chi connectivity index (χ3n) is 2.81. The van der Waals surface area contributed by atoms with E-state index in [1.165, 1.54) is 0 Å². The molecule has 0 radical (unpaired) electrons. The molecular formula is C14H15F3N4. The lowest BCUT2D eigenvalue weighted by atomic mass is 10.2.